The molecule has 4 aliphatic carbocycles. The van der Waals surface area contributed by atoms with Crippen LogP contribution in [0.5, 0.6) is 11.5 Å². The zero-order valence-electron chi connectivity index (χ0n) is 15.8. The van der Waals surface area contributed by atoms with E-state index in [1.54, 1.807) is 7.11 Å². The summed E-state index contributed by atoms with van der Waals surface area (Å²) in [6.07, 6.45) is 6.69. The van der Waals surface area contributed by atoms with Crippen molar-refractivity contribution in [2.75, 3.05) is 13.7 Å². The van der Waals surface area contributed by atoms with Crippen LogP contribution in [0.15, 0.2) is 18.2 Å². The number of urea groups is 1. The summed E-state index contributed by atoms with van der Waals surface area (Å²) in [5.41, 5.74) is 1.01. The number of hydrogen-bond acceptors (Lipinski definition) is 3. The maximum atomic E-state index is 12.5. The lowest BCUT2D eigenvalue weighted by molar-refractivity contribution is -0.00942. The second kappa shape index (κ2) is 7.37. The third-order valence-corrected chi connectivity index (χ3v) is 6.51. The van der Waals surface area contributed by atoms with Crippen molar-refractivity contribution in [2.24, 2.45) is 23.7 Å². The molecule has 0 saturated heterocycles. The van der Waals surface area contributed by atoms with E-state index in [0.717, 1.165) is 23.1 Å². The van der Waals surface area contributed by atoms with Crippen molar-refractivity contribution >= 4 is 6.03 Å². The van der Waals surface area contributed by atoms with Gasteiger partial charge in [-0.05, 0) is 80.4 Å². The summed E-state index contributed by atoms with van der Waals surface area (Å²) in [5, 5.41) is 6.30. The fraction of sp³-hybridized carbons (Fsp3) is 0.667. The molecule has 4 bridgehead atoms. The van der Waals surface area contributed by atoms with Crippen molar-refractivity contribution in [1.82, 2.24) is 10.6 Å². The number of carbonyl (C=O) groups is 1. The molecule has 4 fully saturated rings. The highest BCUT2D eigenvalue weighted by molar-refractivity contribution is 5.74. The lowest BCUT2D eigenvalue weighted by atomic mass is 9.54. The first-order valence-electron chi connectivity index (χ1n) is 10.00. The number of methoxy groups -OCH3 is 1. The van der Waals surface area contributed by atoms with Crippen LogP contribution in [-0.2, 0) is 6.54 Å². The summed E-state index contributed by atoms with van der Waals surface area (Å²) in [6, 6.07) is 6.12. The van der Waals surface area contributed by atoms with Crippen molar-refractivity contribution in [2.45, 2.75) is 51.6 Å². The number of amides is 2. The maximum absolute atomic E-state index is 12.5. The Balaban J connectivity index is 1.32. The highest BCUT2D eigenvalue weighted by atomic mass is 16.5. The van der Waals surface area contributed by atoms with Crippen LogP contribution in [0.3, 0.4) is 0 Å². The highest BCUT2D eigenvalue weighted by Gasteiger charge is 2.48. The van der Waals surface area contributed by atoms with Crippen molar-refractivity contribution in [3.05, 3.63) is 23.8 Å². The van der Waals surface area contributed by atoms with Gasteiger partial charge in [0.25, 0.3) is 0 Å². The molecule has 5 heteroatoms. The van der Waals surface area contributed by atoms with Crippen LogP contribution < -0.4 is 20.1 Å². The Morgan fingerprint density at radius 1 is 1.08 bits per heavy atom. The van der Waals surface area contributed by atoms with Gasteiger partial charge in [-0.1, -0.05) is 6.07 Å². The second-order valence-electron chi connectivity index (χ2n) is 8.20. The first-order valence-corrected chi connectivity index (χ1v) is 10.00. The standard InChI is InChI=1S/C21H30N2O3/c1-3-26-18-5-4-13(11-19(18)25-2)12-22-21(24)23-20-16-7-14-6-15(9-16)10-17(20)8-14/h4-5,11,14-17,20H,3,6-10,12H2,1-2H3,(H2,22,23,24). The van der Waals surface area contributed by atoms with Crippen molar-refractivity contribution in [3.63, 3.8) is 0 Å². The molecule has 4 saturated carbocycles. The molecule has 0 heterocycles. The summed E-state index contributed by atoms with van der Waals surface area (Å²) in [5.74, 6) is 4.68. The zero-order chi connectivity index (χ0) is 18.1. The highest BCUT2D eigenvalue weighted by Crippen LogP contribution is 2.53. The van der Waals surface area contributed by atoms with Gasteiger partial charge in [-0.25, -0.2) is 4.79 Å². The lowest BCUT2D eigenvalue weighted by Gasteiger charge is -2.54. The molecule has 5 rings (SSSR count). The van der Waals surface area contributed by atoms with Gasteiger partial charge in [-0.15, -0.1) is 0 Å². The van der Waals surface area contributed by atoms with Crippen LogP contribution >= 0.6 is 0 Å². The Morgan fingerprint density at radius 3 is 2.38 bits per heavy atom. The lowest BCUT2D eigenvalue weighted by Crippen LogP contribution is -2.57. The van der Waals surface area contributed by atoms with Gasteiger partial charge in [0.05, 0.1) is 13.7 Å². The van der Waals surface area contributed by atoms with E-state index in [4.69, 9.17) is 9.47 Å². The molecule has 0 aromatic heterocycles. The van der Waals surface area contributed by atoms with E-state index in [-0.39, 0.29) is 6.03 Å². The van der Waals surface area contributed by atoms with Gasteiger partial charge in [0.2, 0.25) is 0 Å². The fourth-order valence-electron chi connectivity index (χ4n) is 5.64. The minimum absolute atomic E-state index is 0.0460. The molecule has 0 aliphatic heterocycles. The van der Waals surface area contributed by atoms with E-state index in [0.29, 0.717) is 36.8 Å². The summed E-state index contributed by atoms with van der Waals surface area (Å²) >= 11 is 0. The predicted molar refractivity (Wildman–Crippen MR) is 100 cm³/mol. The predicted octanol–water partition coefficient (Wildman–Crippen LogP) is 3.72. The first-order chi connectivity index (χ1) is 12.7. The van der Waals surface area contributed by atoms with Crippen molar-refractivity contribution in [1.29, 1.82) is 0 Å². The molecule has 26 heavy (non-hydrogen) atoms. The van der Waals surface area contributed by atoms with E-state index in [9.17, 15) is 4.79 Å². The number of carbonyl (C=O) groups excluding carboxylic acids is 1. The molecule has 0 atom stereocenters. The SMILES string of the molecule is CCOc1ccc(CNC(=O)NC2C3CC4CC(C3)CC2C4)cc1OC. The smallest absolute Gasteiger partial charge is 0.315 e. The maximum Gasteiger partial charge on any atom is 0.315 e. The van der Waals surface area contributed by atoms with Gasteiger partial charge >= 0.3 is 6.03 Å². The van der Waals surface area contributed by atoms with Crippen LogP contribution in [0.2, 0.25) is 0 Å². The Bertz CT molecular complexity index is 633. The molecule has 1 aromatic rings. The largest absolute Gasteiger partial charge is 0.493 e. The second-order valence-corrected chi connectivity index (χ2v) is 8.20. The molecular formula is C21H30N2O3. The Kier molecular flexibility index (Phi) is 4.96. The van der Waals surface area contributed by atoms with Gasteiger partial charge < -0.3 is 20.1 Å². The van der Waals surface area contributed by atoms with E-state index < -0.39 is 0 Å². The molecule has 2 N–H and O–H groups in total. The summed E-state index contributed by atoms with van der Waals surface area (Å²) in [7, 11) is 1.63. The molecule has 0 radical (unpaired) electrons. The van der Waals surface area contributed by atoms with Crippen LogP contribution in [0.25, 0.3) is 0 Å². The average molecular weight is 358 g/mol. The number of rotatable bonds is 6. The topological polar surface area (TPSA) is 59.6 Å². The van der Waals surface area contributed by atoms with Crippen LogP contribution in [0, 0.1) is 23.7 Å². The van der Waals surface area contributed by atoms with Crippen molar-refractivity contribution < 1.29 is 14.3 Å². The number of benzene rings is 1. The van der Waals surface area contributed by atoms with Gasteiger partial charge in [-0.2, -0.15) is 0 Å². The Morgan fingerprint density at radius 2 is 1.77 bits per heavy atom. The van der Waals surface area contributed by atoms with E-state index in [1.165, 1.54) is 32.1 Å². The molecule has 142 valence electrons. The third kappa shape index (κ3) is 3.49. The van der Waals surface area contributed by atoms with Crippen molar-refractivity contribution in [3.8, 4) is 11.5 Å². The zero-order valence-corrected chi connectivity index (χ0v) is 15.8. The molecule has 0 spiro atoms. The van der Waals surface area contributed by atoms with Crippen LogP contribution in [-0.4, -0.2) is 25.8 Å². The van der Waals surface area contributed by atoms with Crippen LogP contribution in [0.1, 0.15) is 44.6 Å². The minimum atomic E-state index is -0.0460. The van der Waals surface area contributed by atoms with Gasteiger partial charge in [0.1, 0.15) is 0 Å². The minimum Gasteiger partial charge on any atom is -0.493 e. The van der Waals surface area contributed by atoms with E-state index in [1.807, 2.05) is 25.1 Å². The summed E-state index contributed by atoms with van der Waals surface area (Å²) in [6.45, 7) is 3.03. The number of ether oxygens (including phenoxy) is 2. The first kappa shape index (κ1) is 17.5. The van der Waals surface area contributed by atoms with Crippen LogP contribution in [0.4, 0.5) is 4.79 Å². The molecular weight excluding hydrogens is 328 g/mol. The van der Waals surface area contributed by atoms with Gasteiger partial charge in [0, 0.05) is 12.6 Å². The molecule has 2 amide bonds. The monoisotopic (exact) mass is 358 g/mol. The quantitative estimate of drug-likeness (QED) is 0.815. The number of nitrogens with one attached hydrogen (secondary N) is 2. The third-order valence-electron chi connectivity index (χ3n) is 6.51. The normalized spacial score (nSPS) is 31.5. The van der Waals surface area contributed by atoms with E-state index in [2.05, 4.69) is 10.6 Å². The number of hydrogen-bond donors (Lipinski definition) is 2. The van der Waals surface area contributed by atoms with Gasteiger partial charge in [-0.3, -0.25) is 0 Å². The average Bonchev–Trinajstić information content (AvgIpc) is 2.63. The molecule has 5 nitrogen and oxygen atoms in total. The Hall–Kier alpha value is -1.91. The molecule has 0 unspecified atom stereocenters. The molecule has 4 aliphatic rings. The molecule has 1 aromatic carbocycles. The Labute approximate surface area is 155 Å². The summed E-state index contributed by atoms with van der Waals surface area (Å²) < 4.78 is 10.9. The summed E-state index contributed by atoms with van der Waals surface area (Å²) in [4.78, 5) is 12.5. The fourth-order valence-corrected chi connectivity index (χ4v) is 5.64. The van der Waals surface area contributed by atoms with Gasteiger partial charge in [0.15, 0.2) is 11.5 Å². The van der Waals surface area contributed by atoms with E-state index >= 15 is 0 Å².